The average Bonchev–Trinajstić information content (AvgIpc) is 2.73. The van der Waals surface area contributed by atoms with Gasteiger partial charge in [0.05, 0.1) is 26.4 Å². The van der Waals surface area contributed by atoms with Crippen LogP contribution in [0.3, 0.4) is 0 Å². The standard InChI is InChI=1S/C22H27FN2O3/c1-27-20-7-3-5-18(15-20)21(25-10-12-28-13-11-25)16-24-22(26)9-8-17-4-2-6-19(23)14-17/h2-7,14-15,21H,8-13,16H2,1H3,(H,24,26). The van der Waals surface area contributed by atoms with Gasteiger partial charge < -0.3 is 14.8 Å². The van der Waals surface area contributed by atoms with Crippen molar-refractivity contribution in [3.05, 3.63) is 65.5 Å². The van der Waals surface area contributed by atoms with Crippen molar-refractivity contribution in [2.75, 3.05) is 40.0 Å². The molecule has 150 valence electrons. The van der Waals surface area contributed by atoms with Crippen LogP contribution in [-0.4, -0.2) is 50.8 Å². The summed E-state index contributed by atoms with van der Waals surface area (Å²) in [7, 11) is 1.65. The first kappa shape index (κ1) is 20.3. The molecule has 0 saturated carbocycles. The van der Waals surface area contributed by atoms with E-state index in [0.717, 1.165) is 30.0 Å². The van der Waals surface area contributed by atoms with E-state index in [9.17, 15) is 9.18 Å². The number of carbonyl (C=O) groups excluding carboxylic acids is 1. The Bertz CT molecular complexity index is 778. The Kier molecular flexibility index (Phi) is 7.39. The van der Waals surface area contributed by atoms with E-state index < -0.39 is 0 Å². The third-order valence-electron chi connectivity index (χ3n) is 4.99. The van der Waals surface area contributed by atoms with Gasteiger partial charge in [-0.05, 0) is 41.8 Å². The molecule has 0 aliphatic carbocycles. The van der Waals surface area contributed by atoms with Crippen LogP contribution in [0.15, 0.2) is 48.5 Å². The van der Waals surface area contributed by atoms with Crippen LogP contribution < -0.4 is 10.1 Å². The Balaban J connectivity index is 1.61. The lowest BCUT2D eigenvalue weighted by Crippen LogP contribution is -2.43. The topological polar surface area (TPSA) is 50.8 Å². The molecule has 1 atom stereocenters. The number of carbonyl (C=O) groups is 1. The highest BCUT2D eigenvalue weighted by Gasteiger charge is 2.23. The molecular weight excluding hydrogens is 359 g/mol. The first-order valence-electron chi connectivity index (χ1n) is 9.62. The number of rotatable bonds is 8. The highest BCUT2D eigenvalue weighted by atomic mass is 19.1. The Morgan fingerprint density at radius 1 is 1.21 bits per heavy atom. The van der Waals surface area contributed by atoms with Crippen LogP contribution in [-0.2, 0) is 16.0 Å². The zero-order valence-electron chi connectivity index (χ0n) is 16.2. The van der Waals surface area contributed by atoms with Crippen molar-refractivity contribution in [3.63, 3.8) is 0 Å². The van der Waals surface area contributed by atoms with E-state index in [0.29, 0.717) is 32.6 Å². The maximum atomic E-state index is 13.3. The third-order valence-corrected chi connectivity index (χ3v) is 4.99. The van der Waals surface area contributed by atoms with Gasteiger partial charge in [0.1, 0.15) is 11.6 Å². The van der Waals surface area contributed by atoms with E-state index in [-0.39, 0.29) is 17.8 Å². The van der Waals surface area contributed by atoms with Gasteiger partial charge in [-0.2, -0.15) is 0 Å². The highest BCUT2D eigenvalue weighted by molar-refractivity contribution is 5.76. The molecule has 0 aromatic heterocycles. The number of nitrogens with one attached hydrogen (secondary N) is 1. The molecule has 28 heavy (non-hydrogen) atoms. The molecule has 1 aliphatic rings. The second-order valence-electron chi connectivity index (χ2n) is 6.87. The largest absolute Gasteiger partial charge is 0.497 e. The predicted molar refractivity (Wildman–Crippen MR) is 106 cm³/mol. The number of morpholine rings is 1. The molecule has 1 aliphatic heterocycles. The van der Waals surface area contributed by atoms with E-state index in [1.165, 1.54) is 12.1 Å². The minimum atomic E-state index is -0.275. The number of hydrogen-bond acceptors (Lipinski definition) is 4. The number of amides is 1. The zero-order chi connectivity index (χ0) is 19.8. The molecule has 1 amide bonds. The van der Waals surface area contributed by atoms with Crippen molar-refractivity contribution < 1.29 is 18.7 Å². The van der Waals surface area contributed by atoms with Gasteiger partial charge >= 0.3 is 0 Å². The van der Waals surface area contributed by atoms with Crippen LogP contribution in [0.4, 0.5) is 4.39 Å². The van der Waals surface area contributed by atoms with E-state index in [2.05, 4.69) is 16.3 Å². The Labute approximate surface area is 165 Å². The van der Waals surface area contributed by atoms with Crippen molar-refractivity contribution >= 4 is 5.91 Å². The van der Waals surface area contributed by atoms with Crippen molar-refractivity contribution in [1.29, 1.82) is 0 Å². The van der Waals surface area contributed by atoms with Gasteiger partial charge in [0.2, 0.25) is 5.91 Å². The molecule has 1 unspecified atom stereocenters. The molecule has 0 radical (unpaired) electrons. The van der Waals surface area contributed by atoms with Gasteiger partial charge in [-0.15, -0.1) is 0 Å². The predicted octanol–water partition coefficient (Wildman–Crippen LogP) is 2.96. The zero-order valence-corrected chi connectivity index (χ0v) is 16.2. The molecule has 5 nitrogen and oxygen atoms in total. The third kappa shape index (κ3) is 5.78. The quantitative estimate of drug-likeness (QED) is 0.758. The van der Waals surface area contributed by atoms with E-state index in [4.69, 9.17) is 9.47 Å². The first-order chi connectivity index (χ1) is 13.7. The molecule has 0 bridgehead atoms. The fourth-order valence-corrected chi connectivity index (χ4v) is 3.44. The molecule has 1 saturated heterocycles. The molecule has 1 fully saturated rings. The summed E-state index contributed by atoms with van der Waals surface area (Å²) in [6.45, 7) is 3.53. The molecule has 6 heteroatoms. The molecule has 2 aromatic carbocycles. The van der Waals surface area contributed by atoms with Crippen molar-refractivity contribution in [1.82, 2.24) is 10.2 Å². The Morgan fingerprint density at radius 2 is 2.00 bits per heavy atom. The van der Waals surface area contributed by atoms with Crippen LogP contribution in [0.1, 0.15) is 23.6 Å². The van der Waals surface area contributed by atoms with Crippen molar-refractivity contribution in [2.45, 2.75) is 18.9 Å². The smallest absolute Gasteiger partial charge is 0.220 e. The number of halogens is 1. The van der Waals surface area contributed by atoms with Crippen LogP contribution in [0.25, 0.3) is 0 Å². The fourth-order valence-electron chi connectivity index (χ4n) is 3.44. The average molecular weight is 386 g/mol. The number of nitrogens with zero attached hydrogens (tertiary/aromatic N) is 1. The van der Waals surface area contributed by atoms with E-state index in [1.54, 1.807) is 13.2 Å². The first-order valence-corrected chi connectivity index (χ1v) is 9.62. The Hall–Kier alpha value is -2.44. The molecule has 3 rings (SSSR count). The van der Waals surface area contributed by atoms with E-state index >= 15 is 0 Å². The normalized spacial score (nSPS) is 15.8. The fraction of sp³-hybridized carbons (Fsp3) is 0.409. The molecule has 1 heterocycles. The van der Waals surface area contributed by atoms with Gasteiger partial charge in [-0.25, -0.2) is 4.39 Å². The van der Waals surface area contributed by atoms with Crippen LogP contribution >= 0.6 is 0 Å². The molecule has 2 aromatic rings. The highest BCUT2D eigenvalue weighted by Crippen LogP contribution is 2.24. The van der Waals surface area contributed by atoms with Crippen LogP contribution in [0, 0.1) is 5.82 Å². The lowest BCUT2D eigenvalue weighted by atomic mass is 10.0. The van der Waals surface area contributed by atoms with Gasteiger partial charge in [-0.1, -0.05) is 24.3 Å². The van der Waals surface area contributed by atoms with Crippen LogP contribution in [0.2, 0.25) is 0 Å². The molecule has 0 spiro atoms. The summed E-state index contributed by atoms with van der Waals surface area (Å²) < 4.78 is 24.1. The minimum Gasteiger partial charge on any atom is -0.497 e. The minimum absolute atomic E-state index is 0.0367. The second kappa shape index (κ2) is 10.2. The number of hydrogen-bond donors (Lipinski definition) is 1. The maximum Gasteiger partial charge on any atom is 0.220 e. The number of methoxy groups -OCH3 is 1. The summed E-state index contributed by atoms with van der Waals surface area (Å²) in [5.74, 6) is 0.488. The summed E-state index contributed by atoms with van der Waals surface area (Å²) in [5.41, 5.74) is 1.93. The summed E-state index contributed by atoms with van der Waals surface area (Å²) >= 11 is 0. The number of aryl methyl sites for hydroxylation is 1. The maximum absolute atomic E-state index is 13.3. The molecule has 1 N–H and O–H groups in total. The lowest BCUT2D eigenvalue weighted by molar-refractivity contribution is -0.121. The summed E-state index contributed by atoms with van der Waals surface area (Å²) in [6, 6.07) is 14.4. The van der Waals surface area contributed by atoms with Gasteiger partial charge in [0.25, 0.3) is 0 Å². The lowest BCUT2D eigenvalue weighted by Gasteiger charge is -2.35. The molecular formula is C22H27FN2O3. The Morgan fingerprint density at radius 3 is 2.75 bits per heavy atom. The summed E-state index contributed by atoms with van der Waals surface area (Å²) in [4.78, 5) is 14.7. The monoisotopic (exact) mass is 386 g/mol. The van der Waals surface area contributed by atoms with Crippen molar-refractivity contribution in [3.8, 4) is 5.75 Å². The van der Waals surface area contributed by atoms with Gasteiger partial charge in [0.15, 0.2) is 0 Å². The van der Waals surface area contributed by atoms with Crippen molar-refractivity contribution in [2.24, 2.45) is 0 Å². The van der Waals surface area contributed by atoms with Gasteiger partial charge in [0, 0.05) is 26.1 Å². The number of ether oxygens (including phenoxy) is 2. The summed E-state index contributed by atoms with van der Waals surface area (Å²) in [6.07, 6.45) is 0.850. The second-order valence-corrected chi connectivity index (χ2v) is 6.87. The van der Waals surface area contributed by atoms with E-state index in [1.807, 2.05) is 24.3 Å². The SMILES string of the molecule is COc1cccc(C(CNC(=O)CCc2cccc(F)c2)N2CCOCC2)c1. The van der Waals surface area contributed by atoms with Gasteiger partial charge in [-0.3, -0.25) is 9.69 Å². The number of benzene rings is 2. The van der Waals surface area contributed by atoms with Crippen LogP contribution in [0.5, 0.6) is 5.75 Å². The summed E-state index contributed by atoms with van der Waals surface area (Å²) in [5, 5.41) is 3.04.